The van der Waals surface area contributed by atoms with E-state index in [1.165, 1.54) is 11.3 Å². The van der Waals surface area contributed by atoms with Crippen LogP contribution < -0.4 is 14.8 Å². The fraction of sp³-hybridized carbons (Fsp3) is 0.0435. The molecule has 0 saturated heterocycles. The molecule has 29 heavy (non-hydrogen) atoms. The minimum Gasteiger partial charge on any atom is -0.488 e. The molecule has 5 rings (SSSR count). The van der Waals surface area contributed by atoms with E-state index in [2.05, 4.69) is 20.9 Å². The van der Waals surface area contributed by atoms with Gasteiger partial charge in [-0.05, 0) is 42.0 Å². The molecular formula is C23H15BrN2O2S. The van der Waals surface area contributed by atoms with Crippen LogP contribution in [0.25, 0.3) is 22.1 Å². The number of aromatic nitrogens is 2. The fourth-order valence-electron chi connectivity index (χ4n) is 3.23. The number of para-hydroxylation sites is 3. The smallest absolute Gasteiger partial charge is 0.274 e. The number of thiazole rings is 1. The van der Waals surface area contributed by atoms with Gasteiger partial charge < -0.3 is 4.74 Å². The van der Waals surface area contributed by atoms with Gasteiger partial charge in [0.15, 0.2) is 4.96 Å². The largest absolute Gasteiger partial charge is 0.488 e. The maximum Gasteiger partial charge on any atom is 0.274 e. The first-order valence-corrected chi connectivity index (χ1v) is 10.7. The van der Waals surface area contributed by atoms with E-state index in [9.17, 15) is 4.79 Å². The third-order valence-corrected chi connectivity index (χ3v) is 6.16. The molecule has 0 N–H and O–H groups in total. The van der Waals surface area contributed by atoms with Crippen LogP contribution in [0.3, 0.4) is 0 Å². The summed E-state index contributed by atoms with van der Waals surface area (Å²) in [6, 6.07) is 23.5. The summed E-state index contributed by atoms with van der Waals surface area (Å²) in [5.74, 6) is 0.741. The predicted octanol–water partition coefficient (Wildman–Crippen LogP) is 4.80. The second-order valence-electron chi connectivity index (χ2n) is 6.59. The molecule has 6 heteroatoms. The summed E-state index contributed by atoms with van der Waals surface area (Å²) in [7, 11) is 0. The van der Waals surface area contributed by atoms with Gasteiger partial charge in [-0.1, -0.05) is 69.7 Å². The lowest BCUT2D eigenvalue weighted by Crippen LogP contribution is -2.22. The van der Waals surface area contributed by atoms with Crippen LogP contribution in [-0.4, -0.2) is 9.38 Å². The summed E-state index contributed by atoms with van der Waals surface area (Å²) in [6.07, 6.45) is 1.88. The number of nitrogens with zero attached hydrogens (tertiary/aromatic N) is 2. The second kappa shape index (κ2) is 7.46. The van der Waals surface area contributed by atoms with Crippen LogP contribution >= 0.6 is 27.3 Å². The number of fused-ring (bicyclic) bond motifs is 3. The van der Waals surface area contributed by atoms with Gasteiger partial charge >= 0.3 is 0 Å². The monoisotopic (exact) mass is 462 g/mol. The average Bonchev–Trinajstić information content (AvgIpc) is 3.25. The van der Waals surface area contributed by atoms with Crippen molar-refractivity contribution in [1.29, 1.82) is 0 Å². The Balaban J connectivity index is 1.53. The maximum absolute atomic E-state index is 13.0. The molecule has 0 unspecified atom stereocenters. The normalized spacial score (nSPS) is 12.1. The molecule has 0 atom stereocenters. The van der Waals surface area contributed by atoms with Gasteiger partial charge in [0.25, 0.3) is 5.56 Å². The molecule has 142 valence electrons. The van der Waals surface area contributed by atoms with Crippen molar-refractivity contribution in [2.75, 3.05) is 0 Å². The lowest BCUT2D eigenvalue weighted by molar-refractivity contribution is 0.305. The minimum absolute atomic E-state index is 0.0542. The predicted molar refractivity (Wildman–Crippen MR) is 121 cm³/mol. The molecule has 2 aromatic heterocycles. The molecule has 0 saturated carbocycles. The highest BCUT2D eigenvalue weighted by Gasteiger charge is 2.11. The average molecular weight is 463 g/mol. The van der Waals surface area contributed by atoms with Crippen molar-refractivity contribution in [2.24, 2.45) is 0 Å². The number of hydrogen-bond acceptors (Lipinski definition) is 4. The summed E-state index contributed by atoms with van der Waals surface area (Å²) >= 11 is 4.83. The molecule has 0 aliphatic rings. The van der Waals surface area contributed by atoms with Crippen LogP contribution in [0.2, 0.25) is 0 Å². The van der Waals surface area contributed by atoms with Crippen molar-refractivity contribution >= 4 is 49.3 Å². The number of hydrogen-bond donors (Lipinski definition) is 0. The molecule has 0 amide bonds. The molecule has 0 bridgehead atoms. The first-order valence-electron chi connectivity index (χ1n) is 9.07. The van der Waals surface area contributed by atoms with E-state index < -0.39 is 0 Å². The Morgan fingerprint density at radius 2 is 1.76 bits per heavy atom. The number of imidazole rings is 1. The van der Waals surface area contributed by atoms with Gasteiger partial charge in [0.05, 0.1) is 15.6 Å². The van der Waals surface area contributed by atoms with Crippen molar-refractivity contribution in [3.8, 4) is 5.75 Å². The first-order chi connectivity index (χ1) is 14.2. The van der Waals surface area contributed by atoms with E-state index >= 15 is 0 Å². The maximum atomic E-state index is 13.0. The number of benzene rings is 3. The van der Waals surface area contributed by atoms with Gasteiger partial charge in [-0.15, -0.1) is 0 Å². The van der Waals surface area contributed by atoms with E-state index in [0.29, 0.717) is 16.1 Å². The third-order valence-electron chi connectivity index (χ3n) is 4.66. The Kier molecular flexibility index (Phi) is 4.66. The van der Waals surface area contributed by atoms with Crippen molar-refractivity contribution in [3.63, 3.8) is 0 Å². The molecular weight excluding hydrogens is 448 g/mol. The molecule has 4 nitrogen and oxygen atoms in total. The van der Waals surface area contributed by atoms with Crippen molar-refractivity contribution in [2.45, 2.75) is 6.61 Å². The molecule has 0 aliphatic carbocycles. The Hall–Kier alpha value is -2.96. The van der Waals surface area contributed by atoms with Crippen LogP contribution in [0.5, 0.6) is 5.75 Å². The fourth-order valence-corrected chi connectivity index (χ4v) is 4.47. The van der Waals surface area contributed by atoms with Crippen LogP contribution in [0.15, 0.2) is 82.1 Å². The first kappa shape index (κ1) is 18.1. The SMILES string of the molecule is O=c1/c(=C/c2ccccc2OCc2ccc(Br)cc2)sc2nc3ccccc3n12. The van der Waals surface area contributed by atoms with Gasteiger partial charge in [0, 0.05) is 10.0 Å². The Morgan fingerprint density at radius 1 is 1.00 bits per heavy atom. The van der Waals surface area contributed by atoms with Crippen LogP contribution in [0.1, 0.15) is 11.1 Å². The quantitative estimate of drug-likeness (QED) is 0.385. The molecule has 3 aromatic carbocycles. The second-order valence-corrected chi connectivity index (χ2v) is 8.51. The van der Waals surface area contributed by atoms with E-state index in [4.69, 9.17) is 4.74 Å². The highest BCUT2D eigenvalue weighted by atomic mass is 79.9. The highest BCUT2D eigenvalue weighted by molar-refractivity contribution is 9.10. The lowest BCUT2D eigenvalue weighted by atomic mass is 10.2. The Bertz CT molecular complexity index is 1440. The van der Waals surface area contributed by atoms with Crippen molar-refractivity contribution < 1.29 is 4.74 Å². The van der Waals surface area contributed by atoms with Crippen LogP contribution in [0.4, 0.5) is 0 Å². The summed E-state index contributed by atoms with van der Waals surface area (Å²) in [6.45, 7) is 0.459. The van der Waals surface area contributed by atoms with Crippen LogP contribution in [-0.2, 0) is 6.61 Å². The summed E-state index contributed by atoms with van der Waals surface area (Å²) in [4.78, 5) is 18.3. The van der Waals surface area contributed by atoms with Crippen molar-refractivity contribution in [3.05, 3.63) is 103 Å². The minimum atomic E-state index is -0.0542. The number of rotatable bonds is 4. The van der Waals surface area contributed by atoms with E-state index in [1.54, 1.807) is 4.40 Å². The highest BCUT2D eigenvalue weighted by Crippen LogP contribution is 2.21. The van der Waals surface area contributed by atoms with Gasteiger partial charge in [-0.3, -0.25) is 4.79 Å². The number of ether oxygens (including phenoxy) is 1. The topological polar surface area (TPSA) is 43.6 Å². The van der Waals surface area contributed by atoms with E-state index in [0.717, 1.165) is 32.4 Å². The summed E-state index contributed by atoms with van der Waals surface area (Å²) < 4.78 is 9.38. The zero-order valence-corrected chi connectivity index (χ0v) is 17.6. The standard InChI is InChI=1S/C23H15BrN2O2S/c24-17-11-9-15(10-12-17)14-28-20-8-4-1-5-16(20)13-21-22(27)26-19-7-3-2-6-18(19)25-23(26)29-21/h1-13H,14H2/b21-13-. The lowest BCUT2D eigenvalue weighted by Gasteiger charge is -2.09. The molecule has 0 spiro atoms. The van der Waals surface area contributed by atoms with Gasteiger partial charge in [0.1, 0.15) is 12.4 Å². The van der Waals surface area contributed by atoms with Gasteiger partial charge in [-0.2, -0.15) is 0 Å². The van der Waals surface area contributed by atoms with E-state index in [1.807, 2.05) is 78.9 Å². The Morgan fingerprint density at radius 3 is 2.62 bits per heavy atom. The van der Waals surface area contributed by atoms with Crippen molar-refractivity contribution in [1.82, 2.24) is 9.38 Å². The molecule has 0 radical (unpaired) electrons. The van der Waals surface area contributed by atoms with Gasteiger partial charge in [0.2, 0.25) is 0 Å². The zero-order valence-electron chi connectivity index (χ0n) is 15.2. The zero-order chi connectivity index (χ0) is 19.8. The summed E-state index contributed by atoms with van der Waals surface area (Å²) in [5.41, 5.74) is 3.56. The molecule has 5 aromatic rings. The molecule has 0 aliphatic heterocycles. The summed E-state index contributed by atoms with van der Waals surface area (Å²) in [5, 5.41) is 0. The Labute approximate surface area is 178 Å². The van der Waals surface area contributed by atoms with E-state index in [-0.39, 0.29) is 5.56 Å². The molecule has 0 fully saturated rings. The van der Waals surface area contributed by atoms with Crippen LogP contribution in [0, 0.1) is 0 Å². The van der Waals surface area contributed by atoms with Gasteiger partial charge in [-0.25, -0.2) is 9.38 Å². The molecule has 2 heterocycles. The number of halogens is 1. The third kappa shape index (κ3) is 3.45.